The van der Waals surface area contributed by atoms with Gasteiger partial charge in [0.2, 0.25) is 0 Å². The number of nitrogens with one attached hydrogen (secondary N) is 2. The van der Waals surface area contributed by atoms with Gasteiger partial charge in [-0.2, -0.15) is 0 Å². The summed E-state index contributed by atoms with van der Waals surface area (Å²) < 4.78 is 5.06. The first kappa shape index (κ1) is 14.0. The molecule has 0 aromatic carbocycles. The number of ether oxygens (including phenoxy) is 1. The molecule has 0 atom stereocenters. The van der Waals surface area contributed by atoms with E-state index in [0.29, 0.717) is 18.2 Å². The van der Waals surface area contributed by atoms with Crippen LogP contribution in [0.2, 0.25) is 0 Å². The van der Waals surface area contributed by atoms with Crippen LogP contribution < -0.4 is 16.6 Å². The normalized spacial score (nSPS) is 16.3. The number of methoxy groups -OCH3 is 1. The number of nitrogens with two attached hydrogens (primary N) is 1. The van der Waals surface area contributed by atoms with E-state index in [0.717, 1.165) is 18.3 Å². The Labute approximate surface area is 114 Å². The third-order valence-electron chi connectivity index (χ3n) is 3.49. The molecule has 0 aliphatic heterocycles. The summed E-state index contributed by atoms with van der Waals surface area (Å²) in [6.07, 6.45) is 6.69. The molecule has 1 aliphatic rings. The molecule has 2 rings (SSSR count). The van der Waals surface area contributed by atoms with Gasteiger partial charge in [0.1, 0.15) is 18.2 Å². The van der Waals surface area contributed by atoms with Gasteiger partial charge >= 0.3 is 0 Å². The number of nitrogen functional groups attached to an aromatic ring is 1. The van der Waals surface area contributed by atoms with Crippen molar-refractivity contribution in [3.05, 3.63) is 11.9 Å². The van der Waals surface area contributed by atoms with Crippen molar-refractivity contribution in [3.8, 4) is 0 Å². The van der Waals surface area contributed by atoms with Crippen LogP contribution in [-0.2, 0) is 11.3 Å². The third-order valence-corrected chi connectivity index (χ3v) is 3.49. The molecule has 0 radical (unpaired) electrons. The number of aromatic nitrogens is 2. The van der Waals surface area contributed by atoms with Crippen LogP contribution in [-0.4, -0.2) is 23.6 Å². The van der Waals surface area contributed by atoms with Crippen LogP contribution in [0, 0.1) is 5.92 Å². The lowest BCUT2D eigenvalue weighted by Crippen LogP contribution is -2.19. The molecule has 1 saturated carbocycles. The maximum absolute atomic E-state index is 5.41. The second-order valence-electron chi connectivity index (χ2n) is 5.02. The quantitative estimate of drug-likeness (QED) is 0.538. The summed E-state index contributed by atoms with van der Waals surface area (Å²) in [5.41, 5.74) is 2.56. The largest absolute Gasteiger partial charge is 0.377 e. The lowest BCUT2D eigenvalue weighted by atomic mass is 9.89. The van der Waals surface area contributed by atoms with E-state index in [1.165, 1.54) is 32.1 Å². The van der Waals surface area contributed by atoms with Gasteiger partial charge in [0, 0.05) is 19.7 Å². The van der Waals surface area contributed by atoms with E-state index < -0.39 is 0 Å². The fourth-order valence-electron chi connectivity index (χ4n) is 2.50. The Morgan fingerprint density at radius 2 is 2.00 bits per heavy atom. The molecule has 1 fully saturated rings. The highest BCUT2D eigenvalue weighted by molar-refractivity contribution is 5.46. The minimum absolute atomic E-state index is 0.383. The van der Waals surface area contributed by atoms with E-state index in [1.54, 1.807) is 7.11 Å². The van der Waals surface area contributed by atoms with Gasteiger partial charge in [0.05, 0.1) is 0 Å². The summed E-state index contributed by atoms with van der Waals surface area (Å²) in [4.78, 5) is 8.64. The second-order valence-corrected chi connectivity index (χ2v) is 5.02. The molecule has 4 N–H and O–H groups in total. The maximum Gasteiger partial charge on any atom is 0.158 e. The van der Waals surface area contributed by atoms with Crippen LogP contribution in [0.1, 0.15) is 37.9 Å². The molecule has 1 heterocycles. The van der Waals surface area contributed by atoms with E-state index in [1.807, 2.05) is 6.07 Å². The molecule has 0 unspecified atom stereocenters. The Balaban J connectivity index is 1.95. The average Bonchev–Trinajstić information content (AvgIpc) is 2.46. The number of hydrogen-bond donors (Lipinski definition) is 3. The highest BCUT2D eigenvalue weighted by atomic mass is 16.5. The van der Waals surface area contributed by atoms with E-state index in [9.17, 15) is 0 Å². The van der Waals surface area contributed by atoms with Gasteiger partial charge in [-0.1, -0.05) is 19.3 Å². The number of hydrogen-bond acceptors (Lipinski definition) is 6. The van der Waals surface area contributed by atoms with Crippen molar-refractivity contribution >= 4 is 11.6 Å². The van der Waals surface area contributed by atoms with Gasteiger partial charge in [-0.25, -0.2) is 15.8 Å². The highest BCUT2D eigenvalue weighted by Gasteiger charge is 2.13. The van der Waals surface area contributed by atoms with Gasteiger partial charge in [-0.15, -0.1) is 0 Å². The van der Waals surface area contributed by atoms with Crippen molar-refractivity contribution in [2.45, 2.75) is 38.7 Å². The van der Waals surface area contributed by atoms with Gasteiger partial charge in [-0.3, -0.25) is 0 Å². The first-order valence-electron chi connectivity index (χ1n) is 6.89. The Hall–Kier alpha value is -1.40. The fraction of sp³-hybridized carbons (Fsp3) is 0.692. The Kier molecular flexibility index (Phi) is 5.35. The molecule has 106 valence electrons. The standard InChI is InChI=1S/C13H23N5O/c1-19-9-13-16-11(7-12(17-13)18-14)15-8-10-5-3-2-4-6-10/h7,10H,2-6,8-9,14H2,1H3,(H2,15,16,17,18). The molecule has 1 aromatic rings. The van der Waals surface area contributed by atoms with E-state index in [2.05, 4.69) is 20.7 Å². The summed E-state index contributed by atoms with van der Waals surface area (Å²) >= 11 is 0. The zero-order valence-corrected chi connectivity index (χ0v) is 11.5. The molecular formula is C13H23N5O. The van der Waals surface area contributed by atoms with Crippen LogP contribution in [0.25, 0.3) is 0 Å². The van der Waals surface area contributed by atoms with E-state index in [-0.39, 0.29) is 0 Å². The average molecular weight is 265 g/mol. The Morgan fingerprint density at radius 3 is 2.68 bits per heavy atom. The van der Waals surface area contributed by atoms with Crippen LogP contribution in [0.4, 0.5) is 11.6 Å². The summed E-state index contributed by atoms with van der Waals surface area (Å²) in [6.45, 7) is 1.35. The monoisotopic (exact) mass is 265 g/mol. The van der Waals surface area contributed by atoms with E-state index in [4.69, 9.17) is 10.6 Å². The van der Waals surface area contributed by atoms with Gasteiger partial charge in [-0.05, 0) is 18.8 Å². The number of rotatable bonds is 6. The number of anilines is 2. The highest BCUT2D eigenvalue weighted by Crippen LogP contribution is 2.24. The summed E-state index contributed by atoms with van der Waals surface area (Å²) in [5, 5.41) is 3.39. The van der Waals surface area contributed by atoms with E-state index >= 15 is 0 Å². The van der Waals surface area contributed by atoms with Crippen molar-refractivity contribution < 1.29 is 4.74 Å². The topological polar surface area (TPSA) is 85.1 Å². The zero-order valence-electron chi connectivity index (χ0n) is 11.5. The van der Waals surface area contributed by atoms with Crippen LogP contribution in [0.15, 0.2) is 6.07 Å². The van der Waals surface area contributed by atoms with Crippen molar-refractivity contribution in [1.29, 1.82) is 0 Å². The minimum Gasteiger partial charge on any atom is -0.377 e. The zero-order chi connectivity index (χ0) is 13.5. The Bertz CT molecular complexity index is 393. The van der Waals surface area contributed by atoms with Crippen LogP contribution in [0.3, 0.4) is 0 Å². The van der Waals surface area contributed by atoms with Crippen molar-refractivity contribution in [2.75, 3.05) is 24.4 Å². The summed E-state index contributed by atoms with van der Waals surface area (Å²) in [5.74, 6) is 8.21. The van der Waals surface area contributed by atoms with Crippen LogP contribution >= 0.6 is 0 Å². The molecule has 0 saturated heterocycles. The first-order chi connectivity index (χ1) is 9.31. The molecule has 0 spiro atoms. The third kappa shape index (κ3) is 4.33. The summed E-state index contributed by atoms with van der Waals surface area (Å²) in [6, 6.07) is 1.82. The van der Waals surface area contributed by atoms with Crippen LogP contribution in [0.5, 0.6) is 0 Å². The molecule has 1 aliphatic carbocycles. The minimum atomic E-state index is 0.383. The molecule has 0 bridgehead atoms. The number of hydrazine groups is 1. The molecule has 1 aromatic heterocycles. The smallest absolute Gasteiger partial charge is 0.158 e. The fourth-order valence-corrected chi connectivity index (χ4v) is 2.50. The molecular weight excluding hydrogens is 242 g/mol. The Morgan fingerprint density at radius 1 is 1.26 bits per heavy atom. The van der Waals surface area contributed by atoms with Crippen molar-refractivity contribution in [1.82, 2.24) is 9.97 Å². The first-order valence-corrected chi connectivity index (χ1v) is 6.89. The molecule has 6 nitrogen and oxygen atoms in total. The van der Waals surface area contributed by atoms with Gasteiger partial charge in [0.15, 0.2) is 5.82 Å². The molecule has 0 amide bonds. The molecule has 19 heavy (non-hydrogen) atoms. The molecule has 6 heteroatoms. The van der Waals surface area contributed by atoms with Gasteiger partial charge in [0.25, 0.3) is 0 Å². The second kappa shape index (κ2) is 7.25. The lowest BCUT2D eigenvalue weighted by molar-refractivity contribution is 0.178. The predicted molar refractivity (Wildman–Crippen MR) is 75.6 cm³/mol. The van der Waals surface area contributed by atoms with Crippen molar-refractivity contribution in [2.24, 2.45) is 11.8 Å². The van der Waals surface area contributed by atoms with Crippen molar-refractivity contribution in [3.63, 3.8) is 0 Å². The predicted octanol–water partition coefficient (Wildman–Crippen LogP) is 1.90. The SMILES string of the molecule is COCc1nc(NN)cc(NCC2CCCCC2)n1. The summed E-state index contributed by atoms with van der Waals surface area (Å²) in [7, 11) is 1.63. The maximum atomic E-state index is 5.41. The van der Waals surface area contributed by atoms with Gasteiger partial charge < -0.3 is 15.5 Å². The lowest BCUT2D eigenvalue weighted by Gasteiger charge is -2.22. The number of nitrogens with zero attached hydrogens (tertiary/aromatic N) is 2.